The van der Waals surface area contributed by atoms with E-state index in [4.69, 9.17) is 14.6 Å². The zero-order valence-electron chi connectivity index (χ0n) is 25.5. The number of ether oxygens (including phenoxy) is 2. The zero-order valence-corrected chi connectivity index (χ0v) is 25.5. The summed E-state index contributed by atoms with van der Waals surface area (Å²) in [6.45, 7) is 5.65. The van der Waals surface area contributed by atoms with Crippen LogP contribution in [0.3, 0.4) is 0 Å². The van der Waals surface area contributed by atoms with E-state index in [9.17, 15) is 9.59 Å². The van der Waals surface area contributed by atoms with Gasteiger partial charge in [0.05, 0.1) is 19.4 Å². The number of amides is 2. The van der Waals surface area contributed by atoms with Crippen LogP contribution in [0.2, 0.25) is 0 Å². The van der Waals surface area contributed by atoms with Crippen LogP contribution in [0.1, 0.15) is 43.0 Å². The van der Waals surface area contributed by atoms with Gasteiger partial charge in [-0.25, -0.2) is 14.6 Å². The molecular weight excluding hydrogens is 550 g/mol. The highest BCUT2D eigenvalue weighted by molar-refractivity contribution is 6.13. The molecule has 44 heavy (non-hydrogen) atoms. The number of urea groups is 1. The molecule has 1 heterocycles. The van der Waals surface area contributed by atoms with Crippen molar-refractivity contribution in [3.05, 3.63) is 143 Å². The first-order valence-corrected chi connectivity index (χ1v) is 14.6. The van der Waals surface area contributed by atoms with Gasteiger partial charge in [0.25, 0.3) is 0 Å². The fourth-order valence-electron chi connectivity index (χ4n) is 5.05. The molecule has 1 aliphatic heterocycles. The zero-order chi connectivity index (χ0) is 31.1. The highest BCUT2D eigenvalue weighted by atomic mass is 16.6. The standard InChI is InChI=1S/C37H37N3O4/c1-37(2,3)44-35(41)33(25-27-14-8-5-9-15-27)40-31(24-28-20-22-32(43-4)23-21-28)26-39(36(40)42)38-34(29-16-10-6-11-17-29)30-18-12-7-13-19-30/h5-24,33H,25-26H2,1-4H3/b31-24-/t33-/m1/s1. The van der Waals surface area contributed by atoms with E-state index in [1.165, 1.54) is 5.01 Å². The summed E-state index contributed by atoms with van der Waals surface area (Å²) in [6.07, 6.45) is 2.20. The molecule has 0 aliphatic carbocycles. The van der Waals surface area contributed by atoms with Crippen LogP contribution < -0.4 is 4.74 Å². The number of esters is 1. The number of hydrogen-bond acceptors (Lipinski definition) is 5. The first kappa shape index (κ1) is 30.3. The molecule has 224 valence electrons. The molecular formula is C37H37N3O4. The molecule has 1 saturated heterocycles. The Morgan fingerprint density at radius 3 is 1.91 bits per heavy atom. The largest absolute Gasteiger partial charge is 0.497 e. The molecule has 0 aromatic heterocycles. The van der Waals surface area contributed by atoms with E-state index >= 15 is 0 Å². The van der Waals surface area contributed by atoms with Crippen molar-refractivity contribution in [2.75, 3.05) is 13.7 Å². The van der Waals surface area contributed by atoms with Crippen LogP contribution in [-0.2, 0) is 16.0 Å². The third-order valence-electron chi connectivity index (χ3n) is 7.07. The maximum absolute atomic E-state index is 14.4. The van der Waals surface area contributed by atoms with Crippen molar-refractivity contribution >= 4 is 23.8 Å². The fourth-order valence-corrected chi connectivity index (χ4v) is 5.05. The SMILES string of the molecule is COc1ccc(/C=C2/CN(N=C(c3ccccc3)c3ccccc3)C(=O)N2[C@H](Cc2ccccc2)C(=O)OC(C)(C)C)cc1. The number of nitrogens with zero attached hydrogens (tertiary/aromatic N) is 3. The summed E-state index contributed by atoms with van der Waals surface area (Å²) in [5.74, 6) is 0.247. The average molecular weight is 588 g/mol. The molecule has 1 fully saturated rings. The average Bonchev–Trinajstić information content (AvgIpc) is 3.33. The summed E-state index contributed by atoms with van der Waals surface area (Å²) in [7, 11) is 1.62. The Balaban J connectivity index is 1.62. The third-order valence-corrected chi connectivity index (χ3v) is 7.07. The van der Waals surface area contributed by atoms with Gasteiger partial charge < -0.3 is 9.47 Å². The van der Waals surface area contributed by atoms with Gasteiger partial charge in [-0.15, -0.1) is 0 Å². The van der Waals surface area contributed by atoms with Gasteiger partial charge in [0.2, 0.25) is 0 Å². The number of rotatable bonds is 9. The van der Waals surface area contributed by atoms with Crippen LogP contribution in [-0.4, -0.2) is 52.9 Å². The van der Waals surface area contributed by atoms with Crippen molar-refractivity contribution in [2.24, 2.45) is 5.10 Å². The quantitative estimate of drug-likeness (QED) is 0.154. The van der Waals surface area contributed by atoms with Gasteiger partial charge in [-0.2, -0.15) is 5.10 Å². The molecule has 0 unspecified atom stereocenters. The van der Waals surface area contributed by atoms with Gasteiger partial charge in [-0.3, -0.25) is 4.90 Å². The van der Waals surface area contributed by atoms with Crippen LogP contribution in [0.15, 0.2) is 126 Å². The van der Waals surface area contributed by atoms with E-state index in [1.54, 1.807) is 12.0 Å². The number of carbonyl (C=O) groups is 2. The molecule has 2 amide bonds. The number of benzene rings is 4. The predicted molar refractivity (Wildman–Crippen MR) is 173 cm³/mol. The molecule has 0 saturated carbocycles. The van der Waals surface area contributed by atoms with Crippen LogP contribution in [0.25, 0.3) is 6.08 Å². The van der Waals surface area contributed by atoms with Gasteiger partial charge in [0.1, 0.15) is 17.4 Å². The van der Waals surface area contributed by atoms with Gasteiger partial charge in [-0.1, -0.05) is 103 Å². The Morgan fingerprint density at radius 1 is 0.841 bits per heavy atom. The van der Waals surface area contributed by atoms with Gasteiger partial charge in [0, 0.05) is 23.2 Å². The van der Waals surface area contributed by atoms with Crippen LogP contribution >= 0.6 is 0 Å². The smallest absolute Gasteiger partial charge is 0.345 e. The lowest BCUT2D eigenvalue weighted by Gasteiger charge is -2.30. The lowest BCUT2D eigenvalue weighted by Crippen LogP contribution is -2.46. The number of hydrazone groups is 1. The molecule has 0 spiro atoms. The van der Waals surface area contributed by atoms with Gasteiger partial charge >= 0.3 is 12.0 Å². The van der Waals surface area contributed by atoms with Crippen LogP contribution in [0.5, 0.6) is 5.75 Å². The lowest BCUT2D eigenvalue weighted by molar-refractivity contribution is -0.159. The molecule has 5 rings (SSSR count). The summed E-state index contributed by atoms with van der Waals surface area (Å²) in [4.78, 5) is 29.8. The molecule has 7 nitrogen and oxygen atoms in total. The lowest BCUT2D eigenvalue weighted by atomic mass is 10.0. The van der Waals surface area contributed by atoms with Crippen LogP contribution in [0, 0.1) is 0 Å². The van der Waals surface area contributed by atoms with E-state index in [0.29, 0.717) is 11.4 Å². The maximum atomic E-state index is 14.4. The Hall–Kier alpha value is -5.17. The molecule has 7 heteroatoms. The minimum atomic E-state index is -0.911. The van der Waals surface area contributed by atoms with Crippen LogP contribution in [0.4, 0.5) is 4.79 Å². The second-order valence-electron chi connectivity index (χ2n) is 11.5. The van der Waals surface area contributed by atoms with E-state index in [0.717, 1.165) is 28.0 Å². The van der Waals surface area contributed by atoms with E-state index in [-0.39, 0.29) is 13.0 Å². The summed E-state index contributed by atoms with van der Waals surface area (Å²) >= 11 is 0. The summed E-state index contributed by atoms with van der Waals surface area (Å²) in [6, 6.07) is 35.4. The number of methoxy groups -OCH3 is 1. The first-order valence-electron chi connectivity index (χ1n) is 14.6. The van der Waals surface area contributed by atoms with Crippen molar-refractivity contribution in [2.45, 2.75) is 38.8 Å². The molecule has 4 aromatic carbocycles. The van der Waals surface area contributed by atoms with Crippen molar-refractivity contribution in [3.63, 3.8) is 0 Å². The van der Waals surface area contributed by atoms with Crippen molar-refractivity contribution in [1.82, 2.24) is 9.91 Å². The normalized spacial score (nSPS) is 14.8. The van der Waals surface area contributed by atoms with Gasteiger partial charge in [0.15, 0.2) is 0 Å². The highest BCUT2D eigenvalue weighted by Crippen LogP contribution is 2.29. The maximum Gasteiger partial charge on any atom is 0.345 e. The number of hydrogen-bond donors (Lipinski definition) is 0. The summed E-state index contributed by atoms with van der Waals surface area (Å²) in [5, 5.41) is 6.37. The third kappa shape index (κ3) is 7.42. The molecule has 1 atom stereocenters. The van der Waals surface area contributed by atoms with Crippen molar-refractivity contribution in [3.8, 4) is 5.75 Å². The Kier molecular flexibility index (Phi) is 9.24. The molecule has 0 bridgehead atoms. The van der Waals surface area contributed by atoms with E-state index in [2.05, 4.69) is 0 Å². The predicted octanol–water partition coefficient (Wildman–Crippen LogP) is 7.18. The molecule has 4 aromatic rings. The second kappa shape index (κ2) is 13.4. The molecule has 0 radical (unpaired) electrons. The minimum absolute atomic E-state index is 0.169. The minimum Gasteiger partial charge on any atom is -0.497 e. The number of carbonyl (C=O) groups excluding carboxylic acids is 2. The van der Waals surface area contributed by atoms with E-state index in [1.807, 2.05) is 142 Å². The Labute approximate surface area is 259 Å². The fraction of sp³-hybridized carbons (Fsp3) is 0.216. The van der Waals surface area contributed by atoms with Gasteiger partial charge in [-0.05, 0) is 50.1 Å². The first-order chi connectivity index (χ1) is 21.2. The Bertz CT molecular complexity index is 1590. The molecule has 1 aliphatic rings. The Morgan fingerprint density at radius 2 is 1.39 bits per heavy atom. The molecule has 0 N–H and O–H groups in total. The summed E-state index contributed by atoms with van der Waals surface area (Å²) in [5.41, 5.74) is 4.07. The van der Waals surface area contributed by atoms with Crippen molar-refractivity contribution < 1.29 is 19.1 Å². The monoisotopic (exact) mass is 587 g/mol. The highest BCUT2D eigenvalue weighted by Gasteiger charge is 2.43. The summed E-state index contributed by atoms with van der Waals surface area (Å²) < 4.78 is 11.2. The van der Waals surface area contributed by atoms with E-state index < -0.39 is 23.6 Å². The second-order valence-corrected chi connectivity index (χ2v) is 11.5. The van der Waals surface area contributed by atoms with Crippen molar-refractivity contribution in [1.29, 1.82) is 0 Å². The topological polar surface area (TPSA) is 71.4 Å².